The third-order valence-corrected chi connectivity index (χ3v) is 2.90. The number of hydrogen-bond donors (Lipinski definition) is 2. The van der Waals surface area contributed by atoms with Gasteiger partial charge in [0.25, 0.3) is 0 Å². The summed E-state index contributed by atoms with van der Waals surface area (Å²) in [5.41, 5.74) is 0.436. The highest BCUT2D eigenvalue weighted by atomic mass is 16.6. The molecule has 1 aliphatic heterocycles. The van der Waals surface area contributed by atoms with Crippen molar-refractivity contribution in [3.8, 4) is 0 Å². The molecule has 2 N–H and O–H groups in total. The van der Waals surface area contributed by atoms with Gasteiger partial charge in [-0.25, -0.2) is 4.79 Å². The highest BCUT2D eigenvalue weighted by Gasteiger charge is 2.37. The molecule has 19 heavy (non-hydrogen) atoms. The van der Waals surface area contributed by atoms with E-state index in [1.807, 2.05) is 0 Å². The van der Waals surface area contributed by atoms with E-state index in [0.717, 1.165) is 0 Å². The number of carbonyl (C=O) groups is 2. The average Bonchev–Trinajstić information content (AvgIpc) is 2.82. The van der Waals surface area contributed by atoms with Crippen molar-refractivity contribution in [1.82, 2.24) is 5.32 Å². The van der Waals surface area contributed by atoms with Crippen LogP contribution < -0.4 is 5.32 Å². The number of aliphatic hydroxyl groups excluding tert-OH is 1. The van der Waals surface area contributed by atoms with E-state index in [1.54, 1.807) is 30.3 Å². The molecule has 0 radical (unpaired) electrons. The lowest BCUT2D eigenvalue weighted by Crippen LogP contribution is -2.30. The summed E-state index contributed by atoms with van der Waals surface area (Å²) >= 11 is 0. The Morgan fingerprint density at radius 1 is 1.47 bits per heavy atom. The fourth-order valence-electron chi connectivity index (χ4n) is 1.96. The van der Waals surface area contributed by atoms with Gasteiger partial charge < -0.3 is 19.9 Å². The fraction of sp³-hybridized carbons (Fsp3) is 0.385. The maximum absolute atomic E-state index is 11.9. The summed E-state index contributed by atoms with van der Waals surface area (Å²) in [6, 6.07) is 8.57. The first-order valence-electron chi connectivity index (χ1n) is 5.96. The largest absolute Gasteiger partial charge is 0.456 e. The van der Waals surface area contributed by atoms with Crippen LogP contribution in [0.4, 0.5) is 0 Å². The number of aliphatic hydroxyl groups is 1. The van der Waals surface area contributed by atoms with Gasteiger partial charge in [-0.1, -0.05) is 18.2 Å². The van der Waals surface area contributed by atoms with Gasteiger partial charge in [0, 0.05) is 6.42 Å². The zero-order chi connectivity index (χ0) is 13.7. The second-order valence-corrected chi connectivity index (χ2v) is 4.18. The van der Waals surface area contributed by atoms with Gasteiger partial charge in [-0.2, -0.15) is 0 Å². The van der Waals surface area contributed by atoms with Crippen LogP contribution in [0.5, 0.6) is 0 Å². The predicted molar refractivity (Wildman–Crippen MR) is 65.2 cm³/mol. The van der Waals surface area contributed by atoms with Crippen LogP contribution in [-0.2, 0) is 14.3 Å². The molecule has 1 amide bonds. The van der Waals surface area contributed by atoms with E-state index in [2.05, 4.69) is 5.32 Å². The van der Waals surface area contributed by atoms with Crippen LogP contribution in [0.1, 0.15) is 16.8 Å². The molecule has 1 saturated heterocycles. The smallest absolute Gasteiger partial charge is 0.338 e. The fourth-order valence-corrected chi connectivity index (χ4v) is 1.96. The van der Waals surface area contributed by atoms with E-state index in [0.29, 0.717) is 18.4 Å². The molecule has 1 fully saturated rings. The molecular formula is C13H15NO5. The average molecular weight is 265 g/mol. The molecule has 0 bridgehead atoms. The Kier molecular flexibility index (Phi) is 4.48. The van der Waals surface area contributed by atoms with Crippen LogP contribution in [0.25, 0.3) is 0 Å². The van der Waals surface area contributed by atoms with Gasteiger partial charge in [0.05, 0.1) is 12.2 Å². The predicted octanol–water partition coefficient (Wildman–Crippen LogP) is 0.0653. The number of amides is 1. The maximum Gasteiger partial charge on any atom is 0.338 e. The van der Waals surface area contributed by atoms with Gasteiger partial charge in [0.2, 0.25) is 6.41 Å². The summed E-state index contributed by atoms with van der Waals surface area (Å²) in [5, 5.41) is 11.6. The maximum atomic E-state index is 11.9. The molecule has 1 aromatic rings. The van der Waals surface area contributed by atoms with Gasteiger partial charge in [0.15, 0.2) is 0 Å². The van der Waals surface area contributed by atoms with Crippen molar-refractivity contribution in [3.05, 3.63) is 35.9 Å². The molecule has 1 aliphatic rings. The van der Waals surface area contributed by atoms with Gasteiger partial charge in [-0.3, -0.25) is 4.79 Å². The van der Waals surface area contributed by atoms with Crippen LogP contribution in [0.15, 0.2) is 30.3 Å². The Bertz CT molecular complexity index is 436. The first kappa shape index (κ1) is 13.5. The summed E-state index contributed by atoms with van der Waals surface area (Å²) in [6.07, 6.45) is -0.897. The van der Waals surface area contributed by atoms with E-state index in [1.165, 1.54) is 0 Å². The molecule has 0 saturated carbocycles. The monoisotopic (exact) mass is 265 g/mol. The second kappa shape index (κ2) is 6.31. The topological polar surface area (TPSA) is 84.9 Å². The van der Waals surface area contributed by atoms with Crippen molar-refractivity contribution in [2.75, 3.05) is 6.61 Å². The van der Waals surface area contributed by atoms with Crippen molar-refractivity contribution in [1.29, 1.82) is 0 Å². The molecule has 1 heterocycles. The molecule has 0 spiro atoms. The SMILES string of the molecule is O=CN[C@H]1C[C@H](OC(=O)c2ccccc2)[C@@H](CO)O1. The zero-order valence-corrected chi connectivity index (χ0v) is 10.2. The van der Waals surface area contributed by atoms with Crippen molar-refractivity contribution in [2.45, 2.75) is 24.9 Å². The number of esters is 1. The minimum atomic E-state index is -0.620. The first-order valence-corrected chi connectivity index (χ1v) is 5.96. The number of hydrogen-bond acceptors (Lipinski definition) is 5. The standard InChI is InChI=1S/C13H15NO5/c15-7-11-10(6-12(18-11)14-8-16)19-13(17)9-4-2-1-3-5-9/h1-5,8,10-12,15H,6-7H2,(H,14,16)/t10-,11+,12+/m0/s1. The molecule has 6 nitrogen and oxygen atoms in total. The van der Waals surface area contributed by atoms with Crippen LogP contribution in [0.3, 0.4) is 0 Å². The van der Waals surface area contributed by atoms with E-state index in [9.17, 15) is 14.7 Å². The van der Waals surface area contributed by atoms with E-state index in [-0.39, 0.29) is 6.61 Å². The Morgan fingerprint density at radius 3 is 2.84 bits per heavy atom. The van der Waals surface area contributed by atoms with Crippen molar-refractivity contribution in [3.63, 3.8) is 0 Å². The Morgan fingerprint density at radius 2 is 2.21 bits per heavy atom. The summed E-state index contributed by atoms with van der Waals surface area (Å²) < 4.78 is 10.6. The van der Waals surface area contributed by atoms with E-state index in [4.69, 9.17) is 9.47 Å². The lowest BCUT2D eigenvalue weighted by molar-refractivity contribution is -0.114. The molecule has 102 valence electrons. The zero-order valence-electron chi connectivity index (χ0n) is 10.2. The Balaban J connectivity index is 1.98. The van der Waals surface area contributed by atoms with Crippen LogP contribution >= 0.6 is 0 Å². The van der Waals surface area contributed by atoms with Crippen molar-refractivity contribution < 1.29 is 24.2 Å². The quantitative estimate of drug-likeness (QED) is 0.581. The molecule has 0 aromatic heterocycles. The summed E-state index contributed by atoms with van der Waals surface area (Å²) in [7, 11) is 0. The van der Waals surface area contributed by atoms with Crippen molar-refractivity contribution in [2.24, 2.45) is 0 Å². The second-order valence-electron chi connectivity index (χ2n) is 4.18. The van der Waals surface area contributed by atoms with Crippen LogP contribution in [0.2, 0.25) is 0 Å². The highest BCUT2D eigenvalue weighted by molar-refractivity contribution is 5.89. The molecule has 2 rings (SSSR count). The third-order valence-electron chi connectivity index (χ3n) is 2.90. The molecule has 0 unspecified atom stereocenters. The normalized spacial score (nSPS) is 25.8. The minimum absolute atomic E-state index is 0.274. The Labute approximate surface area is 110 Å². The first-order chi connectivity index (χ1) is 9.24. The molecule has 1 aromatic carbocycles. The van der Waals surface area contributed by atoms with Gasteiger partial charge in [0.1, 0.15) is 18.4 Å². The van der Waals surface area contributed by atoms with Gasteiger partial charge >= 0.3 is 5.97 Å². The lowest BCUT2D eigenvalue weighted by Gasteiger charge is -2.16. The number of rotatable bonds is 5. The molecule has 6 heteroatoms. The van der Waals surface area contributed by atoms with Crippen LogP contribution in [-0.4, -0.2) is 42.5 Å². The summed E-state index contributed by atoms with van der Waals surface area (Å²) in [6.45, 7) is -0.274. The lowest BCUT2D eigenvalue weighted by atomic mass is 10.1. The number of benzene rings is 1. The third kappa shape index (κ3) is 3.30. The minimum Gasteiger partial charge on any atom is -0.456 e. The highest BCUT2D eigenvalue weighted by Crippen LogP contribution is 2.22. The number of ether oxygens (including phenoxy) is 2. The molecule has 3 atom stereocenters. The number of nitrogens with one attached hydrogen (secondary N) is 1. The Hall–Kier alpha value is -1.92. The van der Waals surface area contributed by atoms with Crippen LogP contribution in [0, 0.1) is 0 Å². The van der Waals surface area contributed by atoms with E-state index < -0.39 is 24.4 Å². The van der Waals surface area contributed by atoms with Crippen molar-refractivity contribution >= 4 is 12.4 Å². The summed E-state index contributed by atoms with van der Waals surface area (Å²) in [5.74, 6) is -0.473. The summed E-state index contributed by atoms with van der Waals surface area (Å²) in [4.78, 5) is 22.2. The van der Waals surface area contributed by atoms with Gasteiger partial charge in [-0.05, 0) is 12.1 Å². The molecular weight excluding hydrogens is 250 g/mol. The number of carbonyl (C=O) groups excluding carboxylic acids is 2. The van der Waals surface area contributed by atoms with E-state index >= 15 is 0 Å². The van der Waals surface area contributed by atoms with Gasteiger partial charge in [-0.15, -0.1) is 0 Å². The molecule has 0 aliphatic carbocycles.